The maximum atomic E-state index is 11.9. The highest BCUT2D eigenvalue weighted by atomic mass is 35.5. The number of aryl methyl sites for hydroxylation is 1. The summed E-state index contributed by atoms with van der Waals surface area (Å²) in [6.07, 6.45) is 0. The molecular weight excluding hydrogens is 325 g/mol. The molecule has 0 aliphatic rings. The molecule has 22 heavy (non-hydrogen) atoms. The molecule has 3 N–H and O–H groups in total. The van der Waals surface area contributed by atoms with Crippen LogP contribution in [0.1, 0.15) is 15.9 Å². The molecule has 0 radical (unpaired) electrons. The van der Waals surface area contributed by atoms with Gasteiger partial charge in [0.2, 0.25) is 0 Å². The molecule has 5 nitrogen and oxygen atoms in total. The van der Waals surface area contributed by atoms with Crippen LogP contribution < -0.4 is 16.2 Å². The smallest absolute Gasteiger partial charge is 0.307 e. The Balaban J connectivity index is 1.91. The fraction of sp³-hybridized carbons (Fsp3) is 0.0667. The monoisotopic (exact) mass is 337 g/mol. The summed E-state index contributed by atoms with van der Waals surface area (Å²) in [6.45, 7) is 1.94. The molecule has 114 valence electrons. The van der Waals surface area contributed by atoms with Crippen LogP contribution in [-0.2, 0) is 0 Å². The second-order valence-electron chi connectivity index (χ2n) is 4.52. The van der Waals surface area contributed by atoms with E-state index in [2.05, 4.69) is 16.2 Å². The first kappa shape index (κ1) is 16.1. The zero-order valence-electron chi connectivity index (χ0n) is 11.6. The maximum Gasteiger partial charge on any atom is 0.337 e. The summed E-state index contributed by atoms with van der Waals surface area (Å²) < 4.78 is 0. The molecule has 3 amide bonds. The van der Waals surface area contributed by atoms with E-state index in [1.165, 1.54) is 12.1 Å². The minimum Gasteiger partial charge on any atom is -0.307 e. The van der Waals surface area contributed by atoms with Crippen LogP contribution >= 0.6 is 23.2 Å². The van der Waals surface area contributed by atoms with E-state index < -0.39 is 11.9 Å². The van der Waals surface area contributed by atoms with Crippen LogP contribution in [0.25, 0.3) is 0 Å². The van der Waals surface area contributed by atoms with Gasteiger partial charge in [0, 0.05) is 10.7 Å². The van der Waals surface area contributed by atoms with E-state index in [1.807, 2.05) is 19.1 Å². The average molecular weight is 338 g/mol. The van der Waals surface area contributed by atoms with Gasteiger partial charge in [0.1, 0.15) is 0 Å². The summed E-state index contributed by atoms with van der Waals surface area (Å²) in [5.41, 5.74) is 6.35. The van der Waals surface area contributed by atoms with Crippen molar-refractivity contribution < 1.29 is 9.59 Å². The number of halogens is 2. The van der Waals surface area contributed by atoms with Crippen LogP contribution in [0.2, 0.25) is 10.0 Å². The first-order valence-electron chi connectivity index (χ1n) is 6.35. The number of amides is 3. The Morgan fingerprint density at radius 2 is 1.64 bits per heavy atom. The fourth-order valence-electron chi connectivity index (χ4n) is 1.65. The third-order valence-corrected chi connectivity index (χ3v) is 3.34. The van der Waals surface area contributed by atoms with Gasteiger partial charge >= 0.3 is 6.03 Å². The van der Waals surface area contributed by atoms with Gasteiger partial charge in [-0.1, -0.05) is 40.9 Å². The van der Waals surface area contributed by atoms with Crippen molar-refractivity contribution in [2.24, 2.45) is 0 Å². The third-order valence-electron chi connectivity index (χ3n) is 2.77. The lowest BCUT2D eigenvalue weighted by Gasteiger charge is -2.10. The minimum absolute atomic E-state index is 0.171. The summed E-state index contributed by atoms with van der Waals surface area (Å²) in [5.74, 6) is -0.563. The second-order valence-corrected chi connectivity index (χ2v) is 5.37. The molecular formula is C15H13Cl2N3O2. The van der Waals surface area contributed by atoms with Crippen LogP contribution in [0.5, 0.6) is 0 Å². The lowest BCUT2D eigenvalue weighted by Crippen LogP contribution is -2.44. The second kappa shape index (κ2) is 7.15. The molecule has 0 bridgehead atoms. The predicted molar refractivity (Wildman–Crippen MR) is 87.3 cm³/mol. The summed E-state index contributed by atoms with van der Waals surface area (Å²) in [5, 5.41) is 3.19. The van der Waals surface area contributed by atoms with Crippen LogP contribution in [0.15, 0.2) is 42.5 Å². The van der Waals surface area contributed by atoms with Crippen molar-refractivity contribution >= 4 is 40.8 Å². The van der Waals surface area contributed by atoms with Crippen molar-refractivity contribution in [2.75, 3.05) is 5.32 Å². The molecule has 7 heteroatoms. The van der Waals surface area contributed by atoms with Crippen molar-refractivity contribution in [3.05, 3.63) is 63.6 Å². The van der Waals surface area contributed by atoms with E-state index in [9.17, 15) is 9.59 Å². The Morgan fingerprint density at radius 1 is 0.955 bits per heavy atom. The molecule has 0 aromatic heterocycles. The molecule has 0 atom stereocenters. The number of nitrogens with one attached hydrogen (secondary N) is 3. The van der Waals surface area contributed by atoms with E-state index in [1.54, 1.807) is 18.2 Å². The summed E-state index contributed by atoms with van der Waals surface area (Å²) >= 11 is 11.7. The molecule has 0 unspecified atom stereocenters. The van der Waals surface area contributed by atoms with Gasteiger partial charge in [-0.05, 0) is 37.3 Å². The number of hydrogen-bond acceptors (Lipinski definition) is 2. The Labute approximate surface area is 137 Å². The number of hydrogen-bond donors (Lipinski definition) is 3. The lowest BCUT2D eigenvalue weighted by molar-refractivity contribution is 0.0938. The van der Waals surface area contributed by atoms with Gasteiger partial charge in [-0.15, -0.1) is 0 Å². The third kappa shape index (κ3) is 4.38. The SMILES string of the molecule is Cc1ccc(NC(=O)NNC(=O)c2cc(Cl)ccc2Cl)cc1. The highest BCUT2D eigenvalue weighted by Crippen LogP contribution is 2.20. The number of hydrazine groups is 1. The highest BCUT2D eigenvalue weighted by Gasteiger charge is 2.12. The molecule has 0 saturated heterocycles. The van der Waals surface area contributed by atoms with Crippen molar-refractivity contribution in [3.63, 3.8) is 0 Å². The Kier molecular flexibility index (Phi) is 5.25. The zero-order chi connectivity index (χ0) is 16.1. The Morgan fingerprint density at radius 3 is 2.32 bits per heavy atom. The number of urea groups is 1. The molecule has 0 fully saturated rings. The van der Waals surface area contributed by atoms with Crippen molar-refractivity contribution in [2.45, 2.75) is 6.92 Å². The highest BCUT2D eigenvalue weighted by molar-refractivity contribution is 6.35. The molecule has 0 spiro atoms. The fourth-order valence-corrected chi connectivity index (χ4v) is 2.03. The van der Waals surface area contributed by atoms with E-state index in [-0.39, 0.29) is 10.6 Å². The van der Waals surface area contributed by atoms with Crippen molar-refractivity contribution in [1.29, 1.82) is 0 Å². The molecule has 0 saturated carbocycles. The Hall–Kier alpha value is -2.24. The first-order valence-corrected chi connectivity index (χ1v) is 7.10. The number of carbonyl (C=O) groups is 2. The molecule has 2 rings (SSSR count). The molecule has 0 aliphatic carbocycles. The topological polar surface area (TPSA) is 70.2 Å². The number of rotatable bonds is 2. The largest absolute Gasteiger partial charge is 0.337 e. The van der Waals surface area contributed by atoms with E-state index in [4.69, 9.17) is 23.2 Å². The summed E-state index contributed by atoms with van der Waals surface area (Å²) in [7, 11) is 0. The molecule has 2 aromatic carbocycles. The van der Waals surface area contributed by atoms with Gasteiger partial charge in [-0.3, -0.25) is 10.2 Å². The van der Waals surface area contributed by atoms with Gasteiger partial charge in [0.05, 0.1) is 10.6 Å². The average Bonchev–Trinajstić information content (AvgIpc) is 2.49. The Bertz CT molecular complexity index is 702. The van der Waals surface area contributed by atoms with E-state index in [0.717, 1.165) is 5.56 Å². The number of carbonyl (C=O) groups excluding carboxylic acids is 2. The van der Waals surface area contributed by atoms with Gasteiger partial charge in [0.25, 0.3) is 5.91 Å². The summed E-state index contributed by atoms with van der Waals surface area (Å²) in [6, 6.07) is 11.1. The van der Waals surface area contributed by atoms with Gasteiger partial charge in [0.15, 0.2) is 0 Å². The standard InChI is InChI=1S/C15H13Cl2N3O2/c1-9-2-5-11(6-3-9)18-15(22)20-19-14(21)12-8-10(16)4-7-13(12)17/h2-8H,1H3,(H,19,21)(H2,18,20,22). The quantitative estimate of drug-likeness (QED) is 0.730. The summed E-state index contributed by atoms with van der Waals surface area (Å²) in [4.78, 5) is 23.6. The lowest BCUT2D eigenvalue weighted by atomic mass is 10.2. The van der Waals surface area contributed by atoms with Crippen molar-refractivity contribution in [1.82, 2.24) is 10.9 Å². The van der Waals surface area contributed by atoms with Gasteiger partial charge in [-0.2, -0.15) is 0 Å². The van der Waals surface area contributed by atoms with Crippen LogP contribution in [0.3, 0.4) is 0 Å². The van der Waals surface area contributed by atoms with E-state index in [0.29, 0.717) is 10.7 Å². The number of anilines is 1. The maximum absolute atomic E-state index is 11.9. The molecule has 0 aliphatic heterocycles. The molecule has 0 heterocycles. The van der Waals surface area contributed by atoms with Crippen molar-refractivity contribution in [3.8, 4) is 0 Å². The zero-order valence-corrected chi connectivity index (χ0v) is 13.1. The van der Waals surface area contributed by atoms with Gasteiger partial charge < -0.3 is 5.32 Å². The number of benzene rings is 2. The van der Waals surface area contributed by atoms with Gasteiger partial charge in [-0.25, -0.2) is 10.2 Å². The van der Waals surface area contributed by atoms with Crippen LogP contribution in [0.4, 0.5) is 10.5 Å². The van der Waals surface area contributed by atoms with E-state index >= 15 is 0 Å². The normalized spacial score (nSPS) is 9.95. The predicted octanol–water partition coefficient (Wildman–Crippen LogP) is 3.77. The molecule has 2 aromatic rings. The van der Waals surface area contributed by atoms with Crippen LogP contribution in [-0.4, -0.2) is 11.9 Å². The van der Waals surface area contributed by atoms with Crippen LogP contribution in [0, 0.1) is 6.92 Å². The first-order chi connectivity index (χ1) is 10.5. The minimum atomic E-state index is -0.574.